The van der Waals surface area contributed by atoms with Gasteiger partial charge in [-0.1, -0.05) is 12.2 Å². The predicted molar refractivity (Wildman–Crippen MR) is 88.1 cm³/mol. The van der Waals surface area contributed by atoms with Crippen LogP contribution in [0.5, 0.6) is 0 Å². The first-order valence-electron chi connectivity index (χ1n) is 7.96. The highest BCUT2D eigenvalue weighted by atomic mass is 16.7. The molecule has 0 bridgehead atoms. The summed E-state index contributed by atoms with van der Waals surface area (Å²) in [7, 11) is 0. The van der Waals surface area contributed by atoms with E-state index in [-0.39, 0.29) is 0 Å². The number of carbonyl (C=O) groups excluding carboxylic acids is 1. The molecular formula is C17H23N3O3. The normalized spacial score (nSPS) is 17.9. The average molecular weight is 317 g/mol. The zero-order chi connectivity index (χ0) is 16.4. The summed E-state index contributed by atoms with van der Waals surface area (Å²) in [4.78, 5) is 24.3. The lowest BCUT2D eigenvalue weighted by atomic mass is 10.2. The molecule has 1 saturated heterocycles. The van der Waals surface area contributed by atoms with Crippen LogP contribution in [0.2, 0.25) is 0 Å². The lowest BCUT2D eigenvalue weighted by molar-refractivity contribution is -0.137. The minimum Gasteiger partial charge on any atom is -0.442 e. The number of aromatic nitrogens is 1. The molecule has 2 aliphatic rings. The highest BCUT2D eigenvalue weighted by Crippen LogP contribution is 2.23. The van der Waals surface area contributed by atoms with Crippen molar-refractivity contribution in [2.24, 2.45) is 0 Å². The molecule has 1 aromatic rings. The van der Waals surface area contributed by atoms with Gasteiger partial charge >= 0.3 is 6.09 Å². The van der Waals surface area contributed by atoms with Crippen molar-refractivity contribution in [2.45, 2.75) is 32.8 Å². The van der Waals surface area contributed by atoms with Crippen molar-refractivity contribution < 1.29 is 14.4 Å². The Balaban J connectivity index is 1.64. The fourth-order valence-electron chi connectivity index (χ4n) is 2.65. The molecule has 23 heavy (non-hydrogen) atoms. The number of amides is 1. The van der Waals surface area contributed by atoms with Crippen molar-refractivity contribution in [1.29, 1.82) is 0 Å². The van der Waals surface area contributed by atoms with Crippen molar-refractivity contribution >= 4 is 17.9 Å². The Labute approximate surface area is 136 Å². The summed E-state index contributed by atoms with van der Waals surface area (Å²) in [5.74, 6) is 0. The summed E-state index contributed by atoms with van der Waals surface area (Å²) in [6.07, 6.45) is 6.60. The van der Waals surface area contributed by atoms with E-state index in [2.05, 4.69) is 28.1 Å². The quantitative estimate of drug-likeness (QED) is 0.797. The van der Waals surface area contributed by atoms with Gasteiger partial charge in [-0.3, -0.25) is 9.82 Å². The number of hydrogen-bond donors (Lipinski definition) is 0. The summed E-state index contributed by atoms with van der Waals surface area (Å²) in [6, 6.07) is 2.15. The molecule has 6 heteroatoms. The first-order chi connectivity index (χ1) is 10.9. The van der Waals surface area contributed by atoms with Crippen LogP contribution in [0.15, 0.2) is 18.3 Å². The maximum absolute atomic E-state index is 12.1. The van der Waals surface area contributed by atoms with Crippen LogP contribution in [0.3, 0.4) is 0 Å². The maximum atomic E-state index is 12.1. The van der Waals surface area contributed by atoms with E-state index in [9.17, 15) is 4.79 Å². The molecule has 0 aromatic carbocycles. The number of hydrogen-bond acceptors (Lipinski definition) is 5. The smallest absolute Gasteiger partial charge is 0.434 e. The van der Waals surface area contributed by atoms with Crippen molar-refractivity contribution in [3.63, 3.8) is 0 Å². The molecule has 0 N–H and O–H groups in total. The summed E-state index contributed by atoms with van der Waals surface area (Å²) < 4.78 is 5.36. The molecule has 0 unspecified atom stereocenters. The SMILES string of the molecule is CC(C)(C)OC(=O)N1CCN(c2cnc3c(c2)C=CC3)CCO1. The summed E-state index contributed by atoms with van der Waals surface area (Å²) >= 11 is 0. The zero-order valence-corrected chi connectivity index (χ0v) is 13.9. The molecule has 3 rings (SSSR count). The first-order valence-corrected chi connectivity index (χ1v) is 7.96. The number of fused-ring (bicyclic) bond motifs is 1. The molecule has 1 aliphatic carbocycles. The number of carbonyl (C=O) groups is 1. The van der Waals surface area contributed by atoms with Crippen molar-refractivity contribution in [3.05, 3.63) is 29.6 Å². The van der Waals surface area contributed by atoms with Gasteiger partial charge in [0.2, 0.25) is 0 Å². The van der Waals surface area contributed by atoms with E-state index in [0.717, 1.165) is 17.8 Å². The van der Waals surface area contributed by atoms with Crippen LogP contribution in [0, 0.1) is 0 Å². The van der Waals surface area contributed by atoms with Gasteiger partial charge in [-0.2, -0.15) is 5.06 Å². The largest absolute Gasteiger partial charge is 0.442 e. The van der Waals surface area contributed by atoms with E-state index in [0.29, 0.717) is 26.2 Å². The minimum atomic E-state index is -0.525. The van der Waals surface area contributed by atoms with Crippen molar-refractivity contribution in [3.8, 4) is 0 Å². The number of allylic oxidation sites excluding steroid dienone is 1. The zero-order valence-electron chi connectivity index (χ0n) is 13.9. The number of nitrogens with zero attached hydrogens (tertiary/aromatic N) is 3. The number of pyridine rings is 1. The second-order valence-electron chi connectivity index (χ2n) is 6.74. The van der Waals surface area contributed by atoms with Crippen LogP contribution >= 0.6 is 0 Å². The number of anilines is 1. The third kappa shape index (κ3) is 3.82. The van der Waals surface area contributed by atoms with Gasteiger partial charge in [-0.05, 0) is 32.4 Å². The van der Waals surface area contributed by atoms with Crippen LogP contribution in [0.4, 0.5) is 10.5 Å². The first kappa shape index (κ1) is 15.8. The van der Waals surface area contributed by atoms with Gasteiger partial charge in [0.25, 0.3) is 0 Å². The van der Waals surface area contributed by atoms with E-state index < -0.39 is 11.7 Å². The van der Waals surface area contributed by atoms with Gasteiger partial charge in [0, 0.05) is 19.5 Å². The van der Waals surface area contributed by atoms with E-state index >= 15 is 0 Å². The maximum Gasteiger partial charge on any atom is 0.434 e. The minimum absolute atomic E-state index is 0.436. The van der Waals surface area contributed by atoms with Gasteiger partial charge in [-0.15, -0.1) is 0 Å². The van der Waals surface area contributed by atoms with Crippen LogP contribution in [0.25, 0.3) is 6.08 Å². The number of rotatable bonds is 1. The van der Waals surface area contributed by atoms with Crippen molar-refractivity contribution in [1.82, 2.24) is 10.0 Å². The Morgan fingerprint density at radius 1 is 1.30 bits per heavy atom. The highest BCUT2D eigenvalue weighted by molar-refractivity contribution is 5.67. The van der Waals surface area contributed by atoms with Crippen LogP contribution < -0.4 is 4.90 Å². The standard InChI is InChI=1S/C17H23N3O3/c1-17(2,3)23-16(21)20-8-7-19(9-10-22-20)14-11-13-5-4-6-15(13)18-12-14/h4-5,11-12H,6-10H2,1-3H3. The topological polar surface area (TPSA) is 54.9 Å². The fraction of sp³-hybridized carbons (Fsp3) is 0.529. The predicted octanol–water partition coefficient (Wildman–Crippen LogP) is 2.64. The van der Waals surface area contributed by atoms with Crippen molar-refractivity contribution in [2.75, 3.05) is 31.1 Å². The molecule has 1 aliphatic heterocycles. The van der Waals surface area contributed by atoms with Crippen LogP contribution in [-0.4, -0.2) is 48.0 Å². The molecule has 124 valence electrons. The third-order valence-electron chi connectivity index (χ3n) is 3.74. The number of hydroxylamine groups is 2. The van der Waals surface area contributed by atoms with Gasteiger partial charge in [-0.25, -0.2) is 4.79 Å². The monoisotopic (exact) mass is 317 g/mol. The summed E-state index contributed by atoms with van der Waals surface area (Å²) in [5.41, 5.74) is 2.83. The van der Waals surface area contributed by atoms with Crippen LogP contribution in [0.1, 0.15) is 32.0 Å². The van der Waals surface area contributed by atoms with Gasteiger partial charge < -0.3 is 9.64 Å². The molecular weight excluding hydrogens is 294 g/mol. The molecule has 0 atom stereocenters. The molecule has 0 saturated carbocycles. The lowest BCUT2D eigenvalue weighted by Gasteiger charge is -2.25. The van der Waals surface area contributed by atoms with Crippen LogP contribution in [-0.2, 0) is 16.0 Å². The average Bonchev–Trinajstić information content (AvgIpc) is 2.79. The second-order valence-corrected chi connectivity index (χ2v) is 6.74. The fourth-order valence-corrected chi connectivity index (χ4v) is 2.65. The van der Waals surface area contributed by atoms with E-state index in [4.69, 9.17) is 9.57 Å². The van der Waals surface area contributed by atoms with Gasteiger partial charge in [0.15, 0.2) is 0 Å². The summed E-state index contributed by atoms with van der Waals surface area (Å²) in [5, 5.41) is 1.31. The van der Waals surface area contributed by atoms with Gasteiger partial charge in [0.05, 0.1) is 30.7 Å². The molecule has 1 amide bonds. The molecule has 0 spiro atoms. The Bertz CT molecular complexity index is 622. The molecule has 1 fully saturated rings. The van der Waals surface area contributed by atoms with E-state index in [1.54, 1.807) is 0 Å². The Hall–Kier alpha value is -2.08. The Morgan fingerprint density at radius 2 is 2.13 bits per heavy atom. The van der Waals surface area contributed by atoms with Gasteiger partial charge in [0.1, 0.15) is 5.60 Å². The molecule has 6 nitrogen and oxygen atoms in total. The molecule has 2 heterocycles. The third-order valence-corrected chi connectivity index (χ3v) is 3.74. The molecule has 0 radical (unpaired) electrons. The Kier molecular flexibility index (Phi) is 4.26. The number of ether oxygens (including phenoxy) is 1. The highest BCUT2D eigenvalue weighted by Gasteiger charge is 2.26. The van der Waals surface area contributed by atoms with E-state index in [1.807, 2.05) is 27.0 Å². The Morgan fingerprint density at radius 3 is 2.91 bits per heavy atom. The lowest BCUT2D eigenvalue weighted by Crippen LogP contribution is -2.38. The summed E-state index contributed by atoms with van der Waals surface area (Å²) in [6.45, 7) is 7.83. The van der Waals surface area contributed by atoms with E-state index in [1.165, 1.54) is 10.6 Å². The molecule has 1 aromatic heterocycles. The second kappa shape index (κ2) is 6.20.